The molecule has 1 saturated heterocycles. The minimum absolute atomic E-state index is 0. The van der Waals surface area contributed by atoms with Crippen LogP contribution in [-0.4, -0.2) is 43.6 Å². The number of aromatic nitrogens is 1. The SMILES string of the molecule is CCCC1CNCCN1S(=O)(=O)Cc1noc2ccccc12.Cl. The van der Waals surface area contributed by atoms with Crippen LogP contribution in [0.3, 0.4) is 0 Å². The standard InChI is InChI=1S/C15H21N3O3S.ClH/c1-2-5-12-10-16-8-9-18(12)22(19,20)11-14-13-6-3-4-7-15(13)21-17-14;/h3-4,6-7,12,16H,2,5,8-11H2,1H3;1H. The van der Waals surface area contributed by atoms with E-state index in [4.69, 9.17) is 4.52 Å². The van der Waals surface area contributed by atoms with Gasteiger partial charge in [0.15, 0.2) is 5.58 Å². The van der Waals surface area contributed by atoms with E-state index < -0.39 is 10.0 Å². The molecule has 2 heterocycles. The van der Waals surface area contributed by atoms with E-state index in [2.05, 4.69) is 17.4 Å². The molecule has 0 aliphatic carbocycles. The van der Waals surface area contributed by atoms with Gasteiger partial charge in [0.05, 0.1) is 0 Å². The highest BCUT2D eigenvalue weighted by Gasteiger charge is 2.32. The molecule has 1 aromatic carbocycles. The molecule has 1 unspecified atom stereocenters. The molecule has 1 atom stereocenters. The summed E-state index contributed by atoms with van der Waals surface area (Å²) >= 11 is 0. The summed E-state index contributed by atoms with van der Waals surface area (Å²) in [5.74, 6) is -0.107. The van der Waals surface area contributed by atoms with E-state index in [1.807, 2.05) is 18.2 Å². The van der Waals surface area contributed by atoms with Crippen LogP contribution in [0.15, 0.2) is 28.8 Å². The van der Waals surface area contributed by atoms with Crippen LogP contribution >= 0.6 is 12.4 Å². The van der Waals surface area contributed by atoms with Gasteiger partial charge in [0.2, 0.25) is 10.0 Å². The number of benzene rings is 1. The van der Waals surface area contributed by atoms with E-state index in [1.165, 1.54) is 0 Å². The summed E-state index contributed by atoms with van der Waals surface area (Å²) in [5.41, 5.74) is 1.11. The molecule has 1 aromatic heterocycles. The number of halogens is 1. The fourth-order valence-corrected chi connectivity index (χ4v) is 4.71. The topological polar surface area (TPSA) is 75.4 Å². The number of rotatable bonds is 5. The zero-order valence-electron chi connectivity index (χ0n) is 13.1. The fraction of sp³-hybridized carbons (Fsp3) is 0.533. The maximum absolute atomic E-state index is 12.8. The van der Waals surface area contributed by atoms with E-state index in [0.29, 0.717) is 30.9 Å². The van der Waals surface area contributed by atoms with Gasteiger partial charge in [-0.25, -0.2) is 8.42 Å². The van der Waals surface area contributed by atoms with Gasteiger partial charge in [0, 0.05) is 31.1 Å². The first kappa shape index (κ1) is 18.2. The Bertz CT molecular complexity index is 745. The Hall–Kier alpha value is -1.15. The predicted molar refractivity (Wildman–Crippen MR) is 92.2 cm³/mol. The molecule has 0 spiro atoms. The highest BCUT2D eigenvalue weighted by molar-refractivity contribution is 7.88. The Morgan fingerprint density at radius 2 is 2.17 bits per heavy atom. The lowest BCUT2D eigenvalue weighted by Crippen LogP contribution is -2.53. The van der Waals surface area contributed by atoms with Gasteiger partial charge < -0.3 is 9.84 Å². The molecule has 6 nitrogen and oxygen atoms in total. The minimum atomic E-state index is -3.40. The van der Waals surface area contributed by atoms with E-state index in [0.717, 1.165) is 18.2 Å². The Morgan fingerprint density at radius 3 is 2.96 bits per heavy atom. The van der Waals surface area contributed by atoms with Crippen molar-refractivity contribution in [2.45, 2.75) is 31.6 Å². The smallest absolute Gasteiger partial charge is 0.220 e. The van der Waals surface area contributed by atoms with Crippen molar-refractivity contribution in [3.63, 3.8) is 0 Å². The van der Waals surface area contributed by atoms with E-state index in [1.54, 1.807) is 10.4 Å². The van der Waals surface area contributed by atoms with Crippen LogP contribution in [0.5, 0.6) is 0 Å². The van der Waals surface area contributed by atoms with Crippen LogP contribution in [0.2, 0.25) is 0 Å². The van der Waals surface area contributed by atoms with Crippen molar-refractivity contribution >= 4 is 33.4 Å². The van der Waals surface area contributed by atoms with Crippen molar-refractivity contribution in [3.05, 3.63) is 30.0 Å². The van der Waals surface area contributed by atoms with Crippen LogP contribution < -0.4 is 5.32 Å². The molecule has 1 fully saturated rings. The van der Waals surface area contributed by atoms with Gasteiger partial charge in [0.1, 0.15) is 11.4 Å². The average Bonchev–Trinajstić information content (AvgIpc) is 2.91. The molecule has 2 aromatic rings. The lowest BCUT2D eigenvalue weighted by Gasteiger charge is -2.35. The maximum Gasteiger partial charge on any atom is 0.220 e. The van der Waals surface area contributed by atoms with Gasteiger partial charge >= 0.3 is 0 Å². The van der Waals surface area contributed by atoms with Crippen molar-refractivity contribution in [1.29, 1.82) is 0 Å². The molecule has 0 bridgehead atoms. The number of hydrogen-bond acceptors (Lipinski definition) is 5. The van der Waals surface area contributed by atoms with Crippen LogP contribution in [0.1, 0.15) is 25.5 Å². The molecular weight excluding hydrogens is 338 g/mol. The van der Waals surface area contributed by atoms with Gasteiger partial charge in [-0.05, 0) is 18.6 Å². The van der Waals surface area contributed by atoms with E-state index in [9.17, 15) is 8.42 Å². The Morgan fingerprint density at radius 1 is 1.39 bits per heavy atom. The zero-order chi connectivity index (χ0) is 15.6. The van der Waals surface area contributed by atoms with Crippen LogP contribution in [0.4, 0.5) is 0 Å². The molecule has 1 aliphatic rings. The first-order chi connectivity index (χ1) is 10.6. The molecule has 0 amide bonds. The predicted octanol–water partition coefficient (Wildman–Crippen LogP) is 2.15. The number of piperazine rings is 1. The number of nitrogens with zero attached hydrogens (tertiary/aromatic N) is 2. The van der Waals surface area contributed by atoms with Gasteiger partial charge in [-0.15, -0.1) is 12.4 Å². The summed E-state index contributed by atoms with van der Waals surface area (Å²) in [6.07, 6.45) is 1.83. The number of fused-ring (bicyclic) bond motifs is 1. The van der Waals surface area contributed by atoms with Gasteiger partial charge in [-0.3, -0.25) is 0 Å². The van der Waals surface area contributed by atoms with Crippen molar-refractivity contribution in [1.82, 2.24) is 14.8 Å². The first-order valence-electron chi connectivity index (χ1n) is 7.65. The normalized spacial score (nSPS) is 19.6. The second-order valence-electron chi connectivity index (χ2n) is 5.64. The third-order valence-corrected chi connectivity index (χ3v) is 5.88. The zero-order valence-corrected chi connectivity index (χ0v) is 14.7. The molecule has 0 radical (unpaired) electrons. The molecule has 23 heavy (non-hydrogen) atoms. The molecule has 0 saturated carbocycles. The summed E-state index contributed by atoms with van der Waals surface area (Å²) in [6.45, 7) is 4.00. The van der Waals surface area contributed by atoms with Crippen molar-refractivity contribution in [2.75, 3.05) is 19.6 Å². The highest BCUT2D eigenvalue weighted by Crippen LogP contribution is 2.23. The molecule has 1 aliphatic heterocycles. The van der Waals surface area contributed by atoms with Gasteiger partial charge in [-0.1, -0.05) is 30.6 Å². The number of para-hydroxylation sites is 1. The summed E-state index contributed by atoms with van der Waals surface area (Å²) in [4.78, 5) is 0. The Kier molecular flexibility index (Phi) is 6.02. The van der Waals surface area contributed by atoms with E-state index in [-0.39, 0.29) is 24.2 Å². The monoisotopic (exact) mass is 359 g/mol. The van der Waals surface area contributed by atoms with Crippen LogP contribution in [0, 0.1) is 0 Å². The lowest BCUT2D eigenvalue weighted by molar-refractivity contribution is 0.254. The Balaban J connectivity index is 0.00000192. The first-order valence-corrected chi connectivity index (χ1v) is 9.26. The third-order valence-electron chi connectivity index (χ3n) is 4.05. The van der Waals surface area contributed by atoms with Crippen molar-refractivity contribution in [2.24, 2.45) is 0 Å². The summed E-state index contributed by atoms with van der Waals surface area (Å²) < 4.78 is 32.4. The van der Waals surface area contributed by atoms with Gasteiger partial charge in [-0.2, -0.15) is 4.31 Å². The van der Waals surface area contributed by atoms with E-state index >= 15 is 0 Å². The van der Waals surface area contributed by atoms with Gasteiger partial charge in [0.25, 0.3) is 0 Å². The van der Waals surface area contributed by atoms with Crippen LogP contribution in [0.25, 0.3) is 11.0 Å². The second-order valence-corrected chi connectivity index (χ2v) is 7.56. The quantitative estimate of drug-likeness (QED) is 0.885. The maximum atomic E-state index is 12.8. The van der Waals surface area contributed by atoms with Crippen molar-refractivity contribution < 1.29 is 12.9 Å². The minimum Gasteiger partial charge on any atom is -0.356 e. The number of nitrogens with one attached hydrogen (secondary N) is 1. The highest BCUT2D eigenvalue weighted by atomic mass is 35.5. The van der Waals surface area contributed by atoms with Crippen LogP contribution in [-0.2, 0) is 15.8 Å². The summed E-state index contributed by atoms with van der Waals surface area (Å²) in [6, 6.07) is 7.38. The molecule has 1 N–H and O–H groups in total. The lowest BCUT2D eigenvalue weighted by atomic mass is 10.1. The molecular formula is C15H22ClN3O3S. The largest absolute Gasteiger partial charge is 0.356 e. The summed E-state index contributed by atoms with van der Waals surface area (Å²) in [5, 5.41) is 7.99. The number of sulfonamides is 1. The summed E-state index contributed by atoms with van der Waals surface area (Å²) in [7, 11) is -3.40. The fourth-order valence-electron chi connectivity index (χ4n) is 2.99. The third kappa shape index (κ3) is 3.85. The number of hydrogen-bond donors (Lipinski definition) is 1. The Labute approximate surface area is 142 Å². The second kappa shape index (κ2) is 7.61. The average molecular weight is 360 g/mol. The molecule has 128 valence electrons. The van der Waals surface area contributed by atoms with Crippen molar-refractivity contribution in [3.8, 4) is 0 Å². The molecule has 8 heteroatoms. The molecule has 3 rings (SSSR count).